The minimum atomic E-state index is -0.640. The molecule has 2 fully saturated rings. The number of likely N-dealkylation sites (N-methyl/N-ethyl adjacent to an activating group) is 1. The van der Waals surface area contributed by atoms with E-state index in [0.29, 0.717) is 38.3 Å². The first-order valence-corrected chi connectivity index (χ1v) is 14.9. The van der Waals surface area contributed by atoms with Crippen molar-refractivity contribution in [3.8, 4) is 5.75 Å². The Morgan fingerprint density at radius 3 is 2.57 bits per heavy atom. The first-order chi connectivity index (χ1) is 20.5. The summed E-state index contributed by atoms with van der Waals surface area (Å²) in [4.78, 5) is 43.8. The molecule has 3 aliphatic heterocycles. The van der Waals surface area contributed by atoms with Crippen molar-refractivity contribution in [3.05, 3.63) is 64.8 Å². The number of hydrogen-bond donors (Lipinski definition) is 0. The molecule has 3 amide bonds. The van der Waals surface area contributed by atoms with Gasteiger partial charge in [-0.2, -0.15) is 0 Å². The molecule has 4 heterocycles. The van der Waals surface area contributed by atoms with Crippen LogP contribution in [0.4, 0.5) is 4.79 Å². The second-order valence-electron chi connectivity index (χ2n) is 11.1. The predicted molar refractivity (Wildman–Crippen MR) is 157 cm³/mol. The summed E-state index contributed by atoms with van der Waals surface area (Å²) in [7, 11) is 1.55. The maximum absolute atomic E-state index is 13.3. The fraction of sp³-hybridized carbons (Fsp3) is 0.469. The lowest BCUT2D eigenvalue weighted by Gasteiger charge is -2.28. The fourth-order valence-electron chi connectivity index (χ4n) is 6.14. The van der Waals surface area contributed by atoms with Gasteiger partial charge in [-0.25, -0.2) is 9.59 Å². The lowest BCUT2D eigenvalue weighted by Crippen LogP contribution is -2.38. The highest BCUT2D eigenvalue weighted by atomic mass is 16.5. The van der Waals surface area contributed by atoms with E-state index in [1.54, 1.807) is 24.1 Å². The van der Waals surface area contributed by atoms with Crippen molar-refractivity contribution in [1.82, 2.24) is 19.3 Å². The van der Waals surface area contributed by atoms with Gasteiger partial charge in [0.2, 0.25) is 0 Å². The number of amides is 3. The molecule has 0 saturated carbocycles. The minimum absolute atomic E-state index is 0.204. The van der Waals surface area contributed by atoms with Gasteiger partial charge in [0.15, 0.2) is 0 Å². The number of esters is 1. The standard InChI is InChI=1S/C32H38N4O6/c1-3-4-16-42-31(38)23-7-5-22(6-8-23)21-36-26-10-9-24(41-19-15-34-13-17-40-18-14-34)20-25(26)28-27(36)11-12-35-29(28)30(37)33(2)32(35)39/h5-10,20,29H,3-4,11-19,21H2,1-2H3. The van der Waals surface area contributed by atoms with Crippen LogP contribution in [0.1, 0.15) is 53.0 Å². The van der Waals surface area contributed by atoms with Gasteiger partial charge in [-0.05, 0) is 42.3 Å². The van der Waals surface area contributed by atoms with Crippen molar-refractivity contribution in [2.45, 2.75) is 38.8 Å². The van der Waals surface area contributed by atoms with Gasteiger partial charge in [-0.3, -0.25) is 14.6 Å². The van der Waals surface area contributed by atoms with Crippen molar-refractivity contribution in [2.75, 3.05) is 59.7 Å². The van der Waals surface area contributed by atoms with E-state index in [0.717, 1.165) is 79.2 Å². The monoisotopic (exact) mass is 574 g/mol. The van der Waals surface area contributed by atoms with Crippen LogP contribution in [0.3, 0.4) is 0 Å². The second kappa shape index (κ2) is 12.1. The van der Waals surface area contributed by atoms with Crippen LogP contribution in [0, 0.1) is 0 Å². The molecule has 222 valence electrons. The molecule has 10 heteroatoms. The summed E-state index contributed by atoms with van der Waals surface area (Å²) in [6, 6.07) is 12.6. The van der Waals surface area contributed by atoms with Crippen molar-refractivity contribution < 1.29 is 28.6 Å². The first kappa shape index (κ1) is 28.2. The van der Waals surface area contributed by atoms with Crippen LogP contribution < -0.4 is 4.74 Å². The number of ether oxygens (including phenoxy) is 3. The minimum Gasteiger partial charge on any atom is -0.492 e. The number of fused-ring (bicyclic) bond motifs is 5. The van der Waals surface area contributed by atoms with Gasteiger partial charge in [0.1, 0.15) is 18.4 Å². The first-order valence-electron chi connectivity index (χ1n) is 14.9. The summed E-state index contributed by atoms with van der Waals surface area (Å²) < 4.78 is 19.2. The van der Waals surface area contributed by atoms with Gasteiger partial charge in [-0.15, -0.1) is 0 Å². The topological polar surface area (TPSA) is 93.5 Å². The number of carbonyl (C=O) groups excluding carboxylic acids is 3. The predicted octanol–water partition coefficient (Wildman–Crippen LogP) is 3.85. The maximum atomic E-state index is 13.3. The van der Waals surface area contributed by atoms with E-state index in [-0.39, 0.29) is 17.9 Å². The van der Waals surface area contributed by atoms with Crippen LogP contribution in [-0.4, -0.2) is 96.8 Å². The Bertz CT molecular complexity index is 1480. The number of unbranched alkanes of at least 4 members (excludes halogenated alkanes) is 1. The molecule has 6 rings (SSSR count). The summed E-state index contributed by atoms with van der Waals surface area (Å²) in [5.74, 6) is 0.224. The quantitative estimate of drug-likeness (QED) is 0.206. The summed E-state index contributed by atoms with van der Waals surface area (Å²) in [6.07, 6.45) is 2.46. The Kier molecular flexibility index (Phi) is 8.17. The van der Waals surface area contributed by atoms with Crippen LogP contribution in [0.2, 0.25) is 0 Å². The summed E-state index contributed by atoms with van der Waals surface area (Å²) in [6.45, 7) is 8.20. The van der Waals surface area contributed by atoms with Gasteiger partial charge in [-0.1, -0.05) is 25.5 Å². The third-order valence-corrected chi connectivity index (χ3v) is 8.50. The molecule has 42 heavy (non-hydrogen) atoms. The van der Waals surface area contributed by atoms with Crippen LogP contribution >= 0.6 is 0 Å². The number of carbonyl (C=O) groups is 3. The summed E-state index contributed by atoms with van der Waals surface area (Å²) >= 11 is 0. The fourth-order valence-corrected chi connectivity index (χ4v) is 6.14. The van der Waals surface area contributed by atoms with E-state index in [1.807, 2.05) is 30.3 Å². The van der Waals surface area contributed by atoms with Crippen LogP contribution in [0.5, 0.6) is 5.75 Å². The Balaban J connectivity index is 1.30. The summed E-state index contributed by atoms with van der Waals surface area (Å²) in [5.41, 5.74) is 4.48. The highest BCUT2D eigenvalue weighted by Gasteiger charge is 2.48. The van der Waals surface area contributed by atoms with Crippen LogP contribution in [0.15, 0.2) is 42.5 Å². The van der Waals surface area contributed by atoms with Crippen molar-refractivity contribution in [1.29, 1.82) is 0 Å². The Morgan fingerprint density at radius 1 is 1.02 bits per heavy atom. The number of hydrogen-bond acceptors (Lipinski definition) is 7. The largest absolute Gasteiger partial charge is 0.492 e. The number of morpholine rings is 1. The third-order valence-electron chi connectivity index (χ3n) is 8.50. The van der Waals surface area contributed by atoms with Gasteiger partial charge < -0.3 is 23.7 Å². The maximum Gasteiger partial charge on any atom is 0.338 e. The van der Waals surface area contributed by atoms with Crippen molar-refractivity contribution >= 4 is 28.8 Å². The molecule has 0 N–H and O–H groups in total. The van der Waals surface area contributed by atoms with Gasteiger partial charge in [0.25, 0.3) is 5.91 Å². The lowest BCUT2D eigenvalue weighted by molar-refractivity contribution is -0.127. The Labute approximate surface area is 245 Å². The molecule has 0 spiro atoms. The van der Waals surface area contributed by atoms with Gasteiger partial charge >= 0.3 is 12.0 Å². The highest BCUT2D eigenvalue weighted by Crippen LogP contribution is 2.43. The number of imide groups is 1. The van der Waals surface area contributed by atoms with E-state index >= 15 is 0 Å². The molecule has 0 bridgehead atoms. The molecule has 1 aromatic heterocycles. The molecule has 0 aliphatic carbocycles. The number of rotatable bonds is 10. The van der Waals surface area contributed by atoms with Crippen LogP contribution in [-0.2, 0) is 27.2 Å². The van der Waals surface area contributed by atoms with Crippen LogP contribution in [0.25, 0.3) is 10.9 Å². The van der Waals surface area contributed by atoms with E-state index in [1.165, 1.54) is 4.90 Å². The average molecular weight is 575 g/mol. The zero-order valence-corrected chi connectivity index (χ0v) is 24.3. The molecule has 0 radical (unpaired) electrons. The average Bonchev–Trinajstić information content (AvgIpc) is 3.44. The zero-order valence-electron chi connectivity index (χ0n) is 24.3. The molecular weight excluding hydrogens is 536 g/mol. The normalized spacial score (nSPS) is 18.9. The molecule has 10 nitrogen and oxygen atoms in total. The van der Waals surface area contributed by atoms with Gasteiger partial charge in [0, 0.05) is 68.4 Å². The van der Waals surface area contributed by atoms with E-state index in [4.69, 9.17) is 14.2 Å². The van der Waals surface area contributed by atoms with Gasteiger partial charge in [0.05, 0.1) is 25.4 Å². The van der Waals surface area contributed by atoms with E-state index in [9.17, 15) is 14.4 Å². The number of nitrogens with zero attached hydrogens (tertiary/aromatic N) is 4. The molecule has 1 unspecified atom stereocenters. The molecule has 3 aliphatic rings. The van der Waals surface area contributed by atoms with Crippen molar-refractivity contribution in [2.24, 2.45) is 0 Å². The SMILES string of the molecule is CCCCOC(=O)c1ccc(Cn2c3c(c4cc(OCCN5CCOCC5)ccc42)C2C(=O)N(C)C(=O)N2CC3)cc1. The van der Waals surface area contributed by atoms with Crippen molar-refractivity contribution in [3.63, 3.8) is 0 Å². The van der Waals surface area contributed by atoms with E-state index in [2.05, 4.69) is 16.4 Å². The smallest absolute Gasteiger partial charge is 0.338 e. The van der Waals surface area contributed by atoms with E-state index < -0.39 is 6.04 Å². The highest BCUT2D eigenvalue weighted by molar-refractivity contribution is 6.07. The molecule has 2 saturated heterocycles. The summed E-state index contributed by atoms with van der Waals surface area (Å²) in [5, 5.41) is 0.927. The number of benzene rings is 2. The number of urea groups is 1. The third kappa shape index (κ3) is 5.36. The molecule has 1 atom stereocenters. The lowest BCUT2D eigenvalue weighted by atomic mass is 9.96. The molecular formula is C32H38N4O6. The Hall–Kier alpha value is -3.89. The second-order valence-corrected chi connectivity index (χ2v) is 11.1. The molecule has 2 aromatic carbocycles. The number of aromatic nitrogens is 1. The zero-order chi connectivity index (χ0) is 29.2. The molecule has 3 aromatic rings. The Morgan fingerprint density at radius 2 is 1.81 bits per heavy atom.